The molecule has 0 saturated heterocycles. The summed E-state index contributed by atoms with van der Waals surface area (Å²) in [6, 6.07) is 15.3. The van der Waals surface area contributed by atoms with Crippen LogP contribution in [0.15, 0.2) is 48.5 Å². The second-order valence-corrected chi connectivity index (χ2v) is 5.89. The third-order valence-corrected chi connectivity index (χ3v) is 4.39. The van der Waals surface area contributed by atoms with Crippen LogP contribution in [0.25, 0.3) is 22.5 Å². The smallest absolute Gasteiger partial charge is 0.203 e. The van der Waals surface area contributed by atoms with Crippen LogP contribution in [0.3, 0.4) is 0 Å². The van der Waals surface area contributed by atoms with Gasteiger partial charge in [-0.2, -0.15) is 0 Å². The van der Waals surface area contributed by atoms with E-state index in [0.717, 1.165) is 22.5 Å². The molecule has 0 radical (unpaired) electrons. The van der Waals surface area contributed by atoms with Crippen LogP contribution >= 0.6 is 0 Å². The molecule has 6 nitrogen and oxygen atoms in total. The lowest BCUT2D eigenvalue weighted by atomic mass is 10.1. The zero-order chi connectivity index (χ0) is 20.1. The molecule has 2 aromatic carbocycles. The van der Waals surface area contributed by atoms with Gasteiger partial charge < -0.3 is 23.7 Å². The number of nitrogens with zero attached hydrogens (tertiary/aromatic N) is 1. The van der Waals surface area contributed by atoms with Gasteiger partial charge in [0.25, 0.3) is 0 Å². The lowest BCUT2D eigenvalue weighted by Gasteiger charge is -2.14. The Labute approximate surface area is 164 Å². The van der Waals surface area contributed by atoms with Crippen LogP contribution in [0, 0.1) is 0 Å². The van der Waals surface area contributed by atoms with E-state index in [1.807, 2.05) is 48.5 Å². The molecule has 0 unspecified atom stereocenters. The summed E-state index contributed by atoms with van der Waals surface area (Å²) in [5, 5.41) is 0. The number of rotatable bonds is 7. The molecule has 0 bridgehead atoms. The average Bonchev–Trinajstić information content (AvgIpc) is 2.77. The molecule has 0 N–H and O–H groups in total. The van der Waals surface area contributed by atoms with Crippen LogP contribution in [-0.2, 0) is 0 Å². The Morgan fingerprint density at radius 2 is 1.07 bits per heavy atom. The predicted octanol–water partition coefficient (Wildman–Crippen LogP) is 4.46. The average molecular weight is 381 g/mol. The van der Waals surface area contributed by atoms with Crippen molar-refractivity contribution in [2.45, 2.75) is 0 Å². The molecule has 0 spiro atoms. The Kier molecular flexibility index (Phi) is 5.89. The van der Waals surface area contributed by atoms with Crippen molar-refractivity contribution in [1.29, 1.82) is 0 Å². The zero-order valence-electron chi connectivity index (χ0n) is 16.6. The first kappa shape index (κ1) is 19.4. The van der Waals surface area contributed by atoms with Gasteiger partial charge in [0, 0.05) is 11.1 Å². The summed E-state index contributed by atoms with van der Waals surface area (Å²) >= 11 is 0. The molecule has 6 heteroatoms. The van der Waals surface area contributed by atoms with Crippen molar-refractivity contribution in [2.24, 2.45) is 0 Å². The Balaban J connectivity index is 2.07. The number of hydrogen-bond acceptors (Lipinski definition) is 6. The monoisotopic (exact) mass is 381 g/mol. The van der Waals surface area contributed by atoms with E-state index in [-0.39, 0.29) is 0 Å². The van der Waals surface area contributed by atoms with Crippen LogP contribution < -0.4 is 23.7 Å². The lowest BCUT2D eigenvalue weighted by Crippen LogP contribution is -1.96. The van der Waals surface area contributed by atoms with Crippen LogP contribution in [-0.4, -0.2) is 40.5 Å². The zero-order valence-corrected chi connectivity index (χ0v) is 16.6. The summed E-state index contributed by atoms with van der Waals surface area (Å²) in [6.45, 7) is 0. The SMILES string of the molecule is COc1ccc(-c2cccc(-c3cc(OC)c(OC)c(OC)c3)n2)cc1OC. The molecule has 0 aliphatic carbocycles. The van der Waals surface area contributed by atoms with E-state index >= 15 is 0 Å². The molecule has 1 aromatic heterocycles. The minimum atomic E-state index is 0.546. The first-order valence-electron chi connectivity index (χ1n) is 8.65. The molecule has 0 saturated carbocycles. The van der Waals surface area contributed by atoms with Gasteiger partial charge in [-0.15, -0.1) is 0 Å². The molecule has 0 aliphatic rings. The topological polar surface area (TPSA) is 59.0 Å². The summed E-state index contributed by atoms with van der Waals surface area (Å²) < 4.78 is 27.0. The van der Waals surface area contributed by atoms with Crippen molar-refractivity contribution >= 4 is 0 Å². The van der Waals surface area contributed by atoms with E-state index < -0.39 is 0 Å². The van der Waals surface area contributed by atoms with E-state index in [4.69, 9.17) is 28.7 Å². The lowest BCUT2D eigenvalue weighted by molar-refractivity contribution is 0.324. The second kappa shape index (κ2) is 8.52. The third-order valence-electron chi connectivity index (χ3n) is 4.39. The third kappa shape index (κ3) is 3.67. The molecule has 28 heavy (non-hydrogen) atoms. The summed E-state index contributed by atoms with van der Waals surface area (Å²) in [5.74, 6) is 3.03. The van der Waals surface area contributed by atoms with Gasteiger partial charge in [-0.05, 0) is 42.5 Å². The summed E-state index contributed by atoms with van der Waals surface area (Å²) in [6.07, 6.45) is 0. The summed E-state index contributed by atoms with van der Waals surface area (Å²) in [7, 11) is 7.99. The van der Waals surface area contributed by atoms with Crippen molar-refractivity contribution in [3.63, 3.8) is 0 Å². The first-order valence-corrected chi connectivity index (χ1v) is 8.65. The normalized spacial score (nSPS) is 10.3. The van der Waals surface area contributed by atoms with E-state index in [0.29, 0.717) is 28.7 Å². The van der Waals surface area contributed by atoms with Crippen LogP contribution in [0.5, 0.6) is 28.7 Å². The van der Waals surface area contributed by atoms with Crippen LogP contribution in [0.1, 0.15) is 0 Å². The maximum Gasteiger partial charge on any atom is 0.203 e. The number of aromatic nitrogens is 1. The fourth-order valence-electron chi connectivity index (χ4n) is 2.98. The number of methoxy groups -OCH3 is 5. The van der Waals surface area contributed by atoms with Gasteiger partial charge >= 0.3 is 0 Å². The number of benzene rings is 2. The van der Waals surface area contributed by atoms with Crippen LogP contribution in [0.4, 0.5) is 0 Å². The maximum absolute atomic E-state index is 5.45. The predicted molar refractivity (Wildman–Crippen MR) is 108 cm³/mol. The molecule has 0 aliphatic heterocycles. The van der Waals surface area contributed by atoms with Crippen molar-refractivity contribution in [1.82, 2.24) is 4.98 Å². The van der Waals surface area contributed by atoms with Crippen molar-refractivity contribution in [3.8, 4) is 51.3 Å². The molecule has 0 amide bonds. The van der Waals surface area contributed by atoms with Gasteiger partial charge in [-0.3, -0.25) is 0 Å². The van der Waals surface area contributed by atoms with Gasteiger partial charge in [0.05, 0.1) is 46.9 Å². The largest absolute Gasteiger partial charge is 0.493 e. The molecule has 0 fully saturated rings. The molecule has 0 atom stereocenters. The molecule has 1 heterocycles. The Hall–Kier alpha value is -3.41. The van der Waals surface area contributed by atoms with Crippen molar-refractivity contribution < 1.29 is 23.7 Å². The standard InChI is InChI=1S/C22H23NO5/c1-24-18-10-9-14(11-19(18)25-2)16-7-6-8-17(23-16)15-12-20(26-3)22(28-5)21(13-15)27-4/h6-13H,1-5H3. The highest BCUT2D eigenvalue weighted by molar-refractivity contribution is 5.72. The molecule has 3 aromatic rings. The van der Waals surface area contributed by atoms with Gasteiger partial charge in [0.1, 0.15) is 0 Å². The Bertz CT molecular complexity index is 946. The number of ether oxygens (including phenoxy) is 5. The first-order chi connectivity index (χ1) is 13.6. The Morgan fingerprint density at radius 1 is 0.536 bits per heavy atom. The fraction of sp³-hybridized carbons (Fsp3) is 0.227. The summed E-state index contributed by atoms with van der Waals surface area (Å²) in [4.78, 5) is 4.80. The van der Waals surface area contributed by atoms with Gasteiger partial charge in [0.15, 0.2) is 23.0 Å². The van der Waals surface area contributed by atoms with Gasteiger partial charge in [-0.25, -0.2) is 4.98 Å². The van der Waals surface area contributed by atoms with E-state index in [1.165, 1.54) is 0 Å². The highest BCUT2D eigenvalue weighted by atomic mass is 16.5. The summed E-state index contributed by atoms with van der Waals surface area (Å²) in [5.41, 5.74) is 3.38. The maximum atomic E-state index is 5.45. The quantitative estimate of drug-likeness (QED) is 0.602. The fourth-order valence-corrected chi connectivity index (χ4v) is 2.98. The molecule has 3 rings (SSSR count). The van der Waals surface area contributed by atoms with Gasteiger partial charge in [-0.1, -0.05) is 6.07 Å². The van der Waals surface area contributed by atoms with Gasteiger partial charge in [0.2, 0.25) is 5.75 Å². The highest BCUT2D eigenvalue weighted by Crippen LogP contribution is 2.41. The number of hydrogen-bond donors (Lipinski definition) is 0. The van der Waals surface area contributed by atoms with E-state index in [9.17, 15) is 0 Å². The Morgan fingerprint density at radius 3 is 1.61 bits per heavy atom. The molecule has 146 valence electrons. The minimum Gasteiger partial charge on any atom is -0.493 e. The van der Waals surface area contributed by atoms with E-state index in [2.05, 4.69) is 0 Å². The van der Waals surface area contributed by atoms with Crippen molar-refractivity contribution in [3.05, 3.63) is 48.5 Å². The van der Waals surface area contributed by atoms with Crippen molar-refractivity contribution in [2.75, 3.05) is 35.5 Å². The van der Waals surface area contributed by atoms with E-state index in [1.54, 1.807) is 35.5 Å². The molecular weight excluding hydrogens is 358 g/mol. The minimum absolute atomic E-state index is 0.546. The van der Waals surface area contributed by atoms with Crippen LogP contribution in [0.2, 0.25) is 0 Å². The number of pyridine rings is 1. The molecular formula is C22H23NO5. The highest BCUT2D eigenvalue weighted by Gasteiger charge is 2.15. The second-order valence-electron chi connectivity index (χ2n) is 5.89.